The largest absolute Gasteiger partial charge is 0.319 e. The minimum atomic E-state index is -0.314. The molecule has 0 radical (unpaired) electrons. The highest BCUT2D eigenvalue weighted by Crippen LogP contribution is 2.16. The molecule has 1 aromatic carbocycles. The van der Waals surface area contributed by atoms with Gasteiger partial charge in [0, 0.05) is 18.8 Å². The van der Waals surface area contributed by atoms with E-state index < -0.39 is 0 Å². The van der Waals surface area contributed by atoms with Gasteiger partial charge in [-0.15, -0.1) is 0 Å². The lowest BCUT2D eigenvalue weighted by molar-refractivity contribution is 0.718. The second-order valence-electron chi connectivity index (χ2n) is 4.32. The zero-order valence-corrected chi connectivity index (χ0v) is 10.5. The zero-order chi connectivity index (χ0) is 13.2. The number of hydrogen-bond acceptors (Lipinski definition) is 4. The summed E-state index contributed by atoms with van der Waals surface area (Å²) >= 11 is 0. The molecule has 0 bridgehead atoms. The number of aromatic nitrogens is 5. The monoisotopic (exact) mass is 254 g/mol. The van der Waals surface area contributed by atoms with Crippen LogP contribution in [-0.2, 0) is 7.05 Å². The summed E-state index contributed by atoms with van der Waals surface area (Å²) in [4.78, 5) is 1.57. The first-order valence-electron chi connectivity index (χ1n) is 5.96. The summed E-state index contributed by atoms with van der Waals surface area (Å²) in [5, 5.41) is 12.8. The van der Waals surface area contributed by atoms with Gasteiger partial charge in [-0.25, -0.2) is 0 Å². The summed E-state index contributed by atoms with van der Waals surface area (Å²) in [6.07, 6.45) is 5.31. The summed E-state index contributed by atoms with van der Waals surface area (Å²) < 4.78 is 1.72. The summed E-state index contributed by atoms with van der Waals surface area (Å²) in [7, 11) is 1.86. The smallest absolute Gasteiger partial charge is 0.104 e. The third-order valence-electron chi connectivity index (χ3n) is 2.90. The molecule has 0 saturated carbocycles. The van der Waals surface area contributed by atoms with Crippen molar-refractivity contribution in [1.82, 2.24) is 24.8 Å². The highest BCUT2D eigenvalue weighted by atomic mass is 15.5. The maximum absolute atomic E-state index is 6.15. The van der Waals surface area contributed by atoms with E-state index in [0.29, 0.717) is 0 Å². The molecule has 3 rings (SSSR count). The lowest BCUT2D eigenvalue weighted by Crippen LogP contribution is -2.12. The van der Waals surface area contributed by atoms with Crippen LogP contribution in [-0.4, -0.2) is 24.8 Å². The minimum absolute atomic E-state index is 0.314. The molecule has 0 fully saturated rings. The van der Waals surface area contributed by atoms with Gasteiger partial charge in [0.25, 0.3) is 0 Å². The molecular formula is C13H14N6. The van der Waals surface area contributed by atoms with Gasteiger partial charge in [-0.2, -0.15) is 20.1 Å². The third kappa shape index (κ3) is 2.25. The summed E-state index contributed by atoms with van der Waals surface area (Å²) in [5.41, 5.74) is 8.70. The van der Waals surface area contributed by atoms with E-state index >= 15 is 0 Å². The number of nitrogens with zero attached hydrogens (tertiary/aromatic N) is 5. The van der Waals surface area contributed by atoms with Crippen LogP contribution in [0.15, 0.2) is 48.9 Å². The van der Waals surface area contributed by atoms with E-state index in [2.05, 4.69) is 15.3 Å². The Morgan fingerprint density at radius 2 is 1.89 bits per heavy atom. The van der Waals surface area contributed by atoms with Crippen LogP contribution in [0.3, 0.4) is 0 Å². The molecule has 2 N–H and O–H groups in total. The van der Waals surface area contributed by atoms with Gasteiger partial charge < -0.3 is 5.73 Å². The summed E-state index contributed by atoms with van der Waals surface area (Å²) in [6.45, 7) is 0. The van der Waals surface area contributed by atoms with Crippen LogP contribution in [0.2, 0.25) is 0 Å². The number of para-hydroxylation sites is 1. The van der Waals surface area contributed by atoms with Crippen LogP contribution in [0.25, 0.3) is 5.69 Å². The fourth-order valence-corrected chi connectivity index (χ4v) is 1.87. The van der Waals surface area contributed by atoms with E-state index in [4.69, 9.17) is 5.73 Å². The van der Waals surface area contributed by atoms with Crippen LogP contribution in [0.1, 0.15) is 17.3 Å². The molecular weight excluding hydrogens is 240 g/mol. The number of rotatable bonds is 3. The van der Waals surface area contributed by atoms with Crippen LogP contribution >= 0.6 is 0 Å². The molecule has 1 atom stereocenters. The van der Waals surface area contributed by atoms with E-state index in [-0.39, 0.29) is 6.04 Å². The second-order valence-corrected chi connectivity index (χ2v) is 4.32. The Labute approximate surface area is 110 Å². The molecule has 0 spiro atoms. The van der Waals surface area contributed by atoms with Gasteiger partial charge in [-0.05, 0) is 12.1 Å². The number of benzene rings is 1. The lowest BCUT2D eigenvalue weighted by atomic mass is 10.1. The van der Waals surface area contributed by atoms with E-state index in [9.17, 15) is 0 Å². The topological polar surface area (TPSA) is 74.6 Å². The van der Waals surface area contributed by atoms with Gasteiger partial charge in [0.2, 0.25) is 0 Å². The van der Waals surface area contributed by atoms with Gasteiger partial charge in [0.1, 0.15) is 5.69 Å². The van der Waals surface area contributed by atoms with Crippen LogP contribution < -0.4 is 5.73 Å². The molecule has 1 unspecified atom stereocenters. The van der Waals surface area contributed by atoms with Gasteiger partial charge >= 0.3 is 0 Å². The average molecular weight is 254 g/mol. The van der Waals surface area contributed by atoms with E-state index in [1.165, 1.54) is 0 Å². The predicted octanol–water partition coefficient (Wildman–Crippen LogP) is 1.05. The minimum Gasteiger partial charge on any atom is -0.319 e. The molecule has 6 nitrogen and oxygen atoms in total. The molecule has 0 aliphatic carbocycles. The van der Waals surface area contributed by atoms with E-state index in [1.54, 1.807) is 21.9 Å². The molecule has 3 aromatic rings. The molecule has 0 amide bonds. The van der Waals surface area contributed by atoms with E-state index in [0.717, 1.165) is 16.9 Å². The Bertz CT molecular complexity index is 669. The van der Waals surface area contributed by atoms with Gasteiger partial charge in [0.05, 0.1) is 24.1 Å². The van der Waals surface area contributed by atoms with Crippen LogP contribution in [0.4, 0.5) is 0 Å². The molecule has 2 heterocycles. The van der Waals surface area contributed by atoms with Crippen LogP contribution in [0, 0.1) is 0 Å². The molecule has 96 valence electrons. The third-order valence-corrected chi connectivity index (χ3v) is 2.90. The van der Waals surface area contributed by atoms with Crippen molar-refractivity contribution in [2.45, 2.75) is 6.04 Å². The van der Waals surface area contributed by atoms with Crippen LogP contribution in [0.5, 0.6) is 0 Å². The van der Waals surface area contributed by atoms with Gasteiger partial charge in [-0.1, -0.05) is 18.2 Å². The van der Waals surface area contributed by atoms with Crippen molar-refractivity contribution in [3.63, 3.8) is 0 Å². The second kappa shape index (κ2) is 4.66. The van der Waals surface area contributed by atoms with Crippen molar-refractivity contribution in [3.05, 3.63) is 60.2 Å². The van der Waals surface area contributed by atoms with Crippen molar-refractivity contribution >= 4 is 0 Å². The molecule has 0 saturated heterocycles. The first-order chi connectivity index (χ1) is 9.24. The Balaban J connectivity index is 1.89. The number of hydrogen-bond donors (Lipinski definition) is 1. The molecule has 0 aliphatic rings. The summed E-state index contributed by atoms with van der Waals surface area (Å²) in [5.74, 6) is 0. The van der Waals surface area contributed by atoms with Crippen molar-refractivity contribution in [3.8, 4) is 5.69 Å². The number of nitrogens with two attached hydrogens (primary N) is 1. The highest BCUT2D eigenvalue weighted by molar-refractivity contribution is 5.29. The summed E-state index contributed by atoms with van der Waals surface area (Å²) in [6, 6.07) is 9.42. The highest BCUT2D eigenvalue weighted by Gasteiger charge is 2.14. The lowest BCUT2D eigenvalue weighted by Gasteiger charge is -2.04. The standard InChI is InChI=1S/C13H14N6/c1-18-9-10(7-15-18)13(14)12-8-16-19(17-12)11-5-3-2-4-6-11/h2-9,13H,14H2,1H3. The van der Waals surface area contributed by atoms with Crippen molar-refractivity contribution < 1.29 is 0 Å². The Hall–Kier alpha value is -2.47. The SMILES string of the molecule is Cn1cc(C(N)c2cnn(-c3ccccc3)n2)cn1. The average Bonchev–Trinajstić information content (AvgIpc) is 3.08. The van der Waals surface area contributed by atoms with Gasteiger partial charge in [-0.3, -0.25) is 4.68 Å². The normalized spacial score (nSPS) is 12.5. The predicted molar refractivity (Wildman–Crippen MR) is 70.6 cm³/mol. The maximum Gasteiger partial charge on any atom is 0.104 e. The first-order valence-corrected chi connectivity index (χ1v) is 5.96. The fraction of sp³-hybridized carbons (Fsp3) is 0.154. The quantitative estimate of drug-likeness (QED) is 0.758. The molecule has 19 heavy (non-hydrogen) atoms. The van der Waals surface area contributed by atoms with Crippen molar-refractivity contribution in [2.75, 3.05) is 0 Å². The van der Waals surface area contributed by atoms with Gasteiger partial charge in [0.15, 0.2) is 0 Å². The molecule has 2 aromatic heterocycles. The Morgan fingerprint density at radius 3 is 2.58 bits per heavy atom. The first kappa shape index (κ1) is 11.6. The molecule has 6 heteroatoms. The Morgan fingerprint density at radius 1 is 1.11 bits per heavy atom. The number of aryl methyl sites for hydroxylation is 1. The zero-order valence-electron chi connectivity index (χ0n) is 10.5. The fourth-order valence-electron chi connectivity index (χ4n) is 1.87. The Kier molecular flexibility index (Phi) is 2.85. The molecule has 0 aliphatic heterocycles. The maximum atomic E-state index is 6.15. The van der Waals surface area contributed by atoms with Crippen molar-refractivity contribution in [1.29, 1.82) is 0 Å². The van der Waals surface area contributed by atoms with E-state index in [1.807, 2.05) is 43.6 Å². The van der Waals surface area contributed by atoms with Crippen molar-refractivity contribution in [2.24, 2.45) is 12.8 Å².